The third kappa shape index (κ3) is 4.67. The Kier molecular flexibility index (Phi) is 5.65. The predicted molar refractivity (Wildman–Crippen MR) is 114 cm³/mol. The van der Waals surface area contributed by atoms with Gasteiger partial charge in [0.15, 0.2) is 5.82 Å². The van der Waals surface area contributed by atoms with Crippen molar-refractivity contribution in [2.45, 2.75) is 11.8 Å². The summed E-state index contributed by atoms with van der Waals surface area (Å²) in [5, 5.41) is 16.3. The van der Waals surface area contributed by atoms with Crippen LogP contribution in [0.5, 0.6) is 0 Å². The van der Waals surface area contributed by atoms with Crippen LogP contribution in [0.1, 0.15) is 5.69 Å². The van der Waals surface area contributed by atoms with Crippen LogP contribution in [-0.4, -0.2) is 46.4 Å². The van der Waals surface area contributed by atoms with E-state index in [1.807, 2.05) is 49.7 Å². The van der Waals surface area contributed by atoms with Gasteiger partial charge < -0.3 is 10.6 Å². The van der Waals surface area contributed by atoms with Gasteiger partial charge in [0.05, 0.1) is 18.9 Å². The fraction of sp³-hybridized carbons (Fsp3) is 0.211. The number of carbonyl (C=O) groups is 1. The Balaban J connectivity index is 1.45. The van der Waals surface area contributed by atoms with Gasteiger partial charge in [-0.3, -0.25) is 19.5 Å². The molecular weight excluding hydrogens is 388 g/mol. The Morgan fingerprint density at radius 1 is 1.34 bits per heavy atom. The van der Waals surface area contributed by atoms with E-state index in [0.29, 0.717) is 6.54 Å². The molecule has 0 fully saturated rings. The number of nitrogens with zero attached hydrogens (tertiary/aromatic N) is 3. The number of hydrogen-bond acceptors (Lipinski definition) is 7. The number of hydrogen-bond donors (Lipinski definition) is 5. The second kappa shape index (κ2) is 8.52. The van der Waals surface area contributed by atoms with Gasteiger partial charge in [-0.15, -0.1) is 0 Å². The highest BCUT2D eigenvalue weighted by atomic mass is 32.2. The van der Waals surface area contributed by atoms with Gasteiger partial charge in [-0.1, -0.05) is 0 Å². The number of quaternary nitrogens is 1. The van der Waals surface area contributed by atoms with Crippen molar-refractivity contribution in [3.05, 3.63) is 60.4 Å². The van der Waals surface area contributed by atoms with E-state index in [1.165, 1.54) is 0 Å². The van der Waals surface area contributed by atoms with Crippen molar-refractivity contribution in [3.8, 4) is 0 Å². The molecule has 0 saturated heterocycles. The molecule has 5 N–H and O–H groups in total. The first kappa shape index (κ1) is 19.2. The second-order valence-corrected chi connectivity index (χ2v) is 7.80. The molecule has 0 bridgehead atoms. The summed E-state index contributed by atoms with van der Waals surface area (Å²) in [6.45, 7) is 2.96. The number of aliphatic imine (C=N–C) groups is 1. The summed E-state index contributed by atoms with van der Waals surface area (Å²) in [4.78, 5) is 18.3. The summed E-state index contributed by atoms with van der Waals surface area (Å²) in [6.07, 6.45) is 5.91. The molecule has 2 aromatic rings. The summed E-state index contributed by atoms with van der Waals surface area (Å²) in [6, 6.07) is 9.75. The van der Waals surface area contributed by atoms with Crippen molar-refractivity contribution in [3.63, 3.8) is 0 Å². The Bertz CT molecular complexity index is 978. The lowest BCUT2D eigenvalue weighted by molar-refractivity contribution is -0.699. The number of H-pyrrole nitrogens is 1. The average Bonchev–Trinajstić information content (AvgIpc) is 3.32. The zero-order valence-corrected chi connectivity index (χ0v) is 17.0. The minimum atomic E-state index is -0.0639. The first-order valence-electron chi connectivity index (χ1n) is 9.21. The number of benzene rings is 1. The lowest BCUT2D eigenvalue weighted by Crippen LogP contribution is -3.10. The molecular formula is C19H23N8OS+. The van der Waals surface area contributed by atoms with Crippen LogP contribution < -0.4 is 20.9 Å². The standard InChI is InChI=1S/C19H22N8OS/c1-13-9-16(25-24-13)23-18-12-26(11-17-21-7-8-27(17)18)29-15-5-3-14(4-6-15)22-19(28)10-20-2/h3-9,12,20H,10-11H2,1-2H3,(H,22,28)(H2,23,24,25)/p+1. The highest BCUT2D eigenvalue weighted by Crippen LogP contribution is 2.26. The Labute approximate surface area is 173 Å². The molecule has 9 nitrogen and oxygen atoms in total. The molecule has 0 saturated carbocycles. The van der Waals surface area contributed by atoms with E-state index in [-0.39, 0.29) is 12.5 Å². The number of aromatic nitrogens is 2. The highest BCUT2D eigenvalue weighted by Gasteiger charge is 2.32. The first-order valence-corrected chi connectivity index (χ1v) is 9.99. The summed E-state index contributed by atoms with van der Waals surface area (Å²) in [7, 11) is 1.74. The van der Waals surface area contributed by atoms with Crippen molar-refractivity contribution in [2.24, 2.45) is 4.99 Å². The molecule has 1 amide bonds. The molecule has 1 aromatic heterocycles. The molecule has 2 aliphatic rings. The molecule has 4 rings (SSSR count). The van der Waals surface area contributed by atoms with Crippen LogP contribution in [0.25, 0.3) is 0 Å². The molecule has 3 heterocycles. The number of aromatic amines is 1. The fourth-order valence-corrected chi connectivity index (χ4v) is 3.90. The van der Waals surface area contributed by atoms with Crippen LogP contribution in [-0.2, 0) is 4.79 Å². The number of amidine groups is 1. The van der Waals surface area contributed by atoms with Crippen molar-refractivity contribution >= 4 is 35.2 Å². The van der Waals surface area contributed by atoms with E-state index in [4.69, 9.17) is 0 Å². The number of anilines is 2. The minimum absolute atomic E-state index is 0.0639. The van der Waals surface area contributed by atoms with Crippen molar-refractivity contribution in [2.75, 3.05) is 30.8 Å². The van der Waals surface area contributed by atoms with E-state index in [9.17, 15) is 4.79 Å². The summed E-state index contributed by atoms with van der Waals surface area (Å²) in [5.41, 5.74) is 1.78. The number of nitrogens with one attached hydrogen (secondary N) is 5. The van der Waals surface area contributed by atoms with Crippen LogP contribution in [0, 0.1) is 6.92 Å². The molecule has 0 aliphatic carbocycles. The third-order valence-corrected chi connectivity index (χ3v) is 5.27. The lowest BCUT2D eigenvalue weighted by atomic mass is 10.3. The largest absolute Gasteiger partial charge is 0.325 e. The summed E-state index contributed by atoms with van der Waals surface area (Å²) < 4.78 is 2.13. The monoisotopic (exact) mass is 411 g/mol. The predicted octanol–water partition coefficient (Wildman–Crippen LogP) is 0.878. The van der Waals surface area contributed by atoms with Gasteiger partial charge in [-0.05, 0) is 50.2 Å². The molecule has 2 aliphatic heterocycles. The van der Waals surface area contributed by atoms with Crippen LogP contribution in [0.2, 0.25) is 0 Å². The Hall–Kier alpha value is -3.08. The Morgan fingerprint density at radius 2 is 2.17 bits per heavy atom. The maximum Gasteiger partial charge on any atom is 0.238 e. The van der Waals surface area contributed by atoms with Crippen molar-refractivity contribution < 1.29 is 9.69 Å². The van der Waals surface area contributed by atoms with Crippen molar-refractivity contribution in [1.82, 2.24) is 19.8 Å². The van der Waals surface area contributed by atoms with Crippen LogP contribution in [0.4, 0.5) is 11.5 Å². The number of carbonyl (C=O) groups excluding carboxylic acids is 1. The first-order chi connectivity index (χ1) is 14.1. The number of amides is 1. The van der Waals surface area contributed by atoms with E-state index in [1.54, 1.807) is 19.0 Å². The smallest absolute Gasteiger partial charge is 0.238 e. The third-order valence-electron chi connectivity index (χ3n) is 4.32. The van der Waals surface area contributed by atoms with Gasteiger partial charge in [-0.2, -0.15) is 5.10 Å². The molecule has 10 heteroatoms. The molecule has 29 heavy (non-hydrogen) atoms. The highest BCUT2D eigenvalue weighted by molar-refractivity contribution is 7.97. The zero-order valence-electron chi connectivity index (χ0n) is 16.2. The minimum Gasteiger partial charge on any atom is -0.325 e. The number of aryl methyl sites for hydroxylation is 1. The van der Waals surface area contributed by atoms with Gasteiger partial charge in [0, 0.05) is 22.3 Å². The second-order valence-electron chi connectivity index (χ2n) is 6.68. The average molecular weight is 412 g/mol. The quantitative estimate of drug-likeness (QED) is 0.434. The summed E-state index contributed by atoms with van der Waals surface area (Å²) >= 11 is 1.61. The number of fused-ring (bicyclic) bond motifs is 1. The van der Waals surface area contributed by atoms with E-state index >= 15 is 0 Å². The maximum absolute atomic E-state index is 11.7. The molecule has 1 atom stereocenters. The van der Waals surface area contributed by atoms with Crippen LogP contribution in [0.3, 0.4) is 0 Å². The number of rotatable bonds is 7. The Morgan fingerprint density at radius 3 is 2.90 bits per heavy atom. The van der Waals surface area contributed by atoms with E-state index in [0.717, 1.165) is 38.7 Å². The van der Waals surface area contributed by atoms with Gasteiger partial charge >= 0.3 is 0 Å². The molecule has 1 unspecified atom stereocenters. The molecule has 0 radical (unpaired) electrons. The van der Waals surface area contributed by atoms with Crippen molar-refractivity contribution in [1.29, 1.82) is 0 Å². The zero-order chi connectivity index (χ0) is 20.2. The molecule has 1 aromatic carbocycles. The molecule has 150 valence electrons. The van der Waals surface area contributed by atoms with Gasteiger partial charge in [0.2, 0.25) is 17.6 Å². The summed E-state index contributed by atoms with van der Waals surface area (Å²) in [5.74, 6) is 2.69. The topological polar surface area (TPSA) is 102 Å². The van der Waals surface area contributed by atoms with Crippen LogP contribution in [0.15, 0.2) is 64.6 Å². The lowest BCUT2D eigenvalue weighted by Gasteiger charge is -2.27. The van der Waals surface area contributed by atoms with E-state index < -0.39 is 0 Å². The van der Waals surface area contributed by atoms with Gasteiger partial charge in [-0.25, -0.2) is 9.89 Å². The SMILES string of the molecule is CNCC(=O)Nc1ccc(SN2C=C(Nc3cc(C)[nH]n3)[NH+]3C=CN=C3C2)cc1. The normalized spacial score (nSPS) is 17.6. The number of likely N-dealkylation sites (N-methyl/N-ethyl adjacent to an activating group) is 1. The van der Waals surface area contributed by atoms with Crippen LogP contribution >= 0.6 is 11.9 Å². The maximum atomic E-state index is 11.7. The van der Waals surface area contributed by atoms with Gasteiger partial charge in [0.25, 0.3) is 0 Å². The van der Waals surface area contributed by atoms with Gasteiger partial charge in [0.1, 0.15) is 12.7 Å². The molecule has 0 spiro atoms. The fourth-order valence-electron chi connectivity index (χ4n) is 3.02. The van der Waals surface area contributed by atoms with E-state index in [2.05, 4.69) is 41.6 Å².